The highest BCUT2D eigenvalue weighted by molar-refractivity contribution is 6.30. The quantitative estimate of drug-likeness (QED) is 0.228. The van der Waals surface area contributed by atoms with E-state index in [0.29, 0.717) is 24.4 Å². The topological polar surface area (TPSA) is 113 Å². The Morgan fingerprint density at radius 1 is 1.37 bits per heavy atom. The van der Waals surface area contributed by atoms with Gasteiger partial charge in [0.2, 0.25) is 0 Å². The second-order valence-electron chi connectivity index (χ2n) is 6.68. The predicted octanol–water partition coefficient (Wildman–Crippen LogP) is 4.78. The molecule has 8 heteroatoms. The van der Waals surface area contributed by atoms with E-state index in [1.54, 1.807) is 24.4 Å². The molecular formula is C22H28ClN5O2. The van der Waals surface area contributed by atoms with Crippen LogP contribution in [0.1, 0.15) is 50.7 Å². The summed E-state index contributed by atoms with van der Waals surface area (Å²) in [5.74, 6) is 0.241. The second kappa shape index (κ2) is 14.0. The number of alkyl carbamates (subject to hydrolysis) is 1. The number of carbonyl (C=O) groups is 1. The van der Waals surface area contributed by atoms with Crippen molar-refractivity contribution in [3.63, 3.8) is 0 Å². The molecule has 0 unspecified atom stereocenters. The molecule has 0 fully saturated rings. The molecule has 0 atom stereocenters. The van der Waals surface area contributed by atoms with Gasteiger partial charge in [-0.15, -0.1) is 0 Å². The second-order valence-corrected chi connectivity index (χ2v) is 7.12. The van der Waals surface area contributed by atoms with Crippen molar-refractivity contribution >= 4 is 29.7 Å². The van der Waals surface area contributed by atoms with E-state index in [1.807, 2.05) is 19.9 Å². The monoisotopic (exact) mass is 429 g/mol. The van der Waals surface area contributed by atoms with Crippen LogP contribution in [0.3, 0.4) is 0 Å². The molecule has 1 aromatic carbocycles. The van der Waals surface area contributed by atoms with Gasteiger partial charge in [-0.2, -0.15) is 5.26 Å². The van der Waals surface area contributed by atoms with Gasteiger partial charge in [0.1, 0.15) is 10.9 Å². The maximum absolute atomic E-state index is 11.7. The summed E-state index contributed by atoms with van der Waals surface area (Å²) in [6.45, 7) is 7.95. The highest BCUT2D eigenvalue weighted by atomic mass is 35.5. The molecule has 0 bridgehead atoms. The number of hydrogen-bond acceptors (Lipinski definition) is 5. The van der Waals surface area contributed by atoms with Gasteiger partial charge in [-0.05, 0) is 62.8 Å². The van der Waals surface area contributed by atoms with Crippen LogP contribution < -0.4 is 11.1 Å². The Hall–Kier alpha value is -3.11. The van der Waals surface area contributed by atoms with Crippen LogP contribution in [0.4, 0.5) is 4.79 Å². The van der Waals surface area contributed by atoms with Crippen molar-refractivity contribution in [1.29, 1.82) is 5.26 Å². The van der Waals surface area contributed by atoms with Gasteiger partial charge in [0.25, 0.3) is 0 Å². The van der Waals surface area contributed by atoms with Crippen LogP contribution in [0.25, 0.3) is 0 Å². The van der Waals surface area contributed by atoms with Gasteiger partial charge in [-0.3, -0.25) is 4.99 Å². The Kier molecular flexibility index (Phi) is 11.6. The maximum Gasteiger partial charge on any atom is 0.407 e. The number of nitriles is 1. The molecule has 0 aliphatic rings. The fourth-order valence-electron chi connectivity index (χ4n) is 2.45. The minimum Gasteiger partial charge on any atom is -0.450 e. The zero-order valence-electron chi connectivity index (χ0n) is 17.4. The summed E-state index contributed by atoms with van der Waals surface area (Å²) in [5.41, 5.74) is 8.81. The fraction of sp³-hybridized carbons (Fsp3) is 0.364. The molecule has 160 valence electrons. The van der Waals surface area contributed by atoms with Gasteiger partial charge < -0.3 is 15.8 Å². The zero-order valence-corrected chi connectivity index (χ0v) is 18.2. The molecule has 0 saturated heterocycles. The molecule has 0 saturated carbocycles. The standard InChI is InChI=1S/C22H28ClN5O2/c1-16(2)20(21(25)28-17(3)23)26-11-6-4-5-7-12-30-22(29)27-15-19-10-8-9-18(13-19)14-24/h8-11,13H,3-7,12,15H2,1-2H3,(H2,25,28)(H,27,29)/b26-11-. The van der Waals surface area contributed by atoms with Crippen LogP contribution in [0.15, 0.2) is 57.3 Å². The van der Waals surface area contributed by atoms with E-state index >= 15 is 0 Å². The van der Waals surface area contributed by atoms with E-state index < -0.39 is 6.09 Å². The van der Waals surface area contributed by atoms with Gasteiger partial charge in [0, 0.05) is 12.8 Å². The first-order valence-electron chi connectivity index (χ1n) is 9.62. The number of ether oxygens (including phenoxy) is 1. The summed E-state index contributed by atoms with van der Waals surface area (Å²) in [6.07, 6.45) is 4.66. The van der Waals surface area contributed by atoms with E-state index in [4.69, 9.17) is 27.3 Å². The molecule has 1 rings (SSSR count). The lowest BCUT2D eigenvalue weighted by Gasteiger charge is -2.07. The third-order valence-electron chi connectivity index (χ3n) is 3.88. The number of nitrogens with one attached hydrogen (secondary N) is 1. The number of allylic oxidation sites excluding steroid dienone is 1. The van der Waals surface area contributed by atoms with Crippen molar-refractivity contribution in [2.24, 2.45) is 15.7 Å². The summed E-state index contributed by atoms with van der Waals surface area (Å²) >= 11 is 5.65. The van der Waals surface area contributed by atoms with Crippen LogP contribution in [0, 0.1) is 11.3 Å². The molecule has 7 nitrogen and oxygen atoms in total. The number of unbranched alkanes of at least 4 members (excludes halogenated alkanes) is 3. The van der Waals surface area contributed by atoms with Crippen molar-refractivity contribution < 1.29 is 9.53 Å². The number of benzene rings is 1. The highest BCUT2D eigenvalue weighted by Gasteiger charge is 2.04. The smallest absolute Gasteiger partial charge is 0.407 e. The summed E-state index contributed by atoms with van der Waals surface area (Å²) < 4.78 is 5.16. The van der Waals surface area contributed by atoms with Crippen molar-refractivity contribution in [2.45, 2.75) is 46.1 Å². The number of amidine groups is 1. The molecule has 0 radical (unpaired) electrons. The van der Waals surface area contributed by atoms with E-state index in [9.17, 15) is 4.79 Å². The van der Waals surface area contributed by atoms with Crippen LogP contribution >= 0.6 is 11.6 Å². The van der Waals surface area contributed by atoms with Crippen LogP contribution in [-0.4, -0.2) is 24.8 Å². The number of nitrogens with two attached hydrogens (primary N) is 1. The summed E-state index contributed by atoms with van der Waals surface area (Å²) in [6, 6.07) is 9.13. The van der Waals surface area contributed by atoms with Gasteiger partial charge in [0.15, 0.2) is 5.84 Å². The number of carbonyl (C=O) groups excluding carboxylic acids is 1. The third kappa shape index (κ3) is 10.4. The van der Waals surface area contributed by atoms with Gasteiger partial charge in [-0.25, -0.2) is 9.79 Å². The molecule has 0 heterocycles. The maximum atomic E-state index is 11.7. The summed E-state index contributed by atoms with van der Waals surface area (Å²) in [5, 5.41) is 11.7. The summed E-state index contributed by atoms with van der Waals surface area (Å²) in [4.78, 5) is 20.0. The Morgan fingerprint density at radius 3 is 2.80 bits per heavy atom. The lowest BCUT2D eigenvalue weighted by Crippen LogP contribution is -2.24. The van der Waals surface area contributed by atoms with E-state index in [0.717, 1.165) is 36.8 Å². The van der Waals surface area contributed by atoms with E-state index in [1.165, 1.54) is 0 Å². The first-order chi connectivity index (χ1) is 14.3. The SMILES string of the molecule is C=C(Cl)/N=C(/N)C(/N=C\CCCCCOC(=O)NCc1cccc(C#N)c1)=C(C)C. The Balaban J connectivity index is 2.22. The molecule has 0 spiro atoms. The van der Waals surface area contributed by atoms with Gasteiger partial charge >= 0.3 is 6.09 Å². The lowest BCUT2D eigenvalue weighted by atomic mass is 10.1. The van der Waals surface area contributed by atoms with Gasteiger partial charge in [-0.1, -0.05) is 30.3 Å². The van der Waals surface area contributed by atoms with E-state index in [2.05, 4.69) is 27.9 Å². The number of aliphatic imine (C=N–C) groups is 2. The molecule has 0 aliphatic heterocycles. The molecule has 0 aliphatic carbocycles. The average Bonchev–Trinajstić information content (AvgIpc) is 2.70. The zero-order chi connectivity index (χ0) is 22.4. The molecule has 1 aromatic rings. The van der Waals surface area contributed by atoms with Crippen molar-refractivity contribution in [2.75, 3.05) is 6.61 Å². The van der Waals surface area contributed by atoms with Crippen LogP contribution in [0.5, 0.6) is 0 Å². The van der Waals surface area contributed by atoms with Crippen LogP contribution in [-0.2, 0) is 11.3 Å². The Labute approximate surface area is 183 Å². The molecule has 1 amide bonds. The van der Waals surface area contributed by atoms with Crippen molar-refractivity contribution in [3.8, 4) is 6.07 Å². The molecular weight excluding hydrogens is 402 g/mol. The first-order valence-corrected chi connectivity index (χ1v) is 10.00. The van der Waals surface area contributed by atoms with Crippen LogP contribution in [0.2, 0.25) is 0 Å². The minimum absolute atomic E-state index is 0.112. The number of halogens is 1. The molecule has 30 heavy (non-hydrogen) atoms. The molecule has 0 aromatic heterocycles. The minimum atomic E-state index is -0.470. The number of rotatable bonds is 11. The number of amides is 1. The van der Waals surface area contributed by atoms with E-state index in [-0.39, 0.29) is 11.0 Å². The summed E-state index contributed by atoms with van der Waals surface area (Å²) in [7, 11) is 0. The highest BCUT2D eigenvalue weighted by Crippen LogP contribution is 2.09. The number of nitrogens with zero attached hydrogens (tertiary/aromatic N) is 3. The Bertz CT molecular complexity index is 865. The van der Waals surface area contributed by atoms with Gasteiger partial charge in [0.05, 0.1) is 18.2 Å². The fourth-order valence-corrected chi connectivity index (χ4v) is 2.54. The number of hydrogen-bond donors (Lipinski definition) is 2. The normalized spacial score (nSPS) is 11.1. The van der Waals surface area contributed by atoms with Crippen molar-refractivity contribution in [3.05, 3.63) is 58.4 Å². The van der Waals surface area contributed by atoms with Crippen molar-refractivity contribution in [1.82, 2.24) is 5.32 Å². The predicted molar refractivity (Wildman–Crippen MR) is 121 cm³/mol. The third-order valence-corrected chi connectivity index (χ3v) is 3.97. The first kappa shape index (κ1) is 24.9. The largest absolute Gasteiger partial charge is 0.450 e. The Morgan fingerprint density at radius 2 is 2.13 bits per heavy atom. The molecule has 3 N–H and O–H groups in total. The lowest BCUT2D eigenvalue weighted by molar-refractivity contribution is 0.143. The average molecular weight is 430 g/mol.